The van der Waals surface area contributed by atoms with Gasteiger partial charge in [-0.3, -0.25) is 0 Å². The van der Waals surface area contributed by atoms with Crippen LogP contribution in [0.4, 0.5) is 34.1 Å². The average molecular weight is 829 g/mol. The highest BCUT2D eigenvalue weighted by Crippen LogP contribution is 2.43. The van der Waals surface area contributed by atoms with Crippen molar-refractivity contribution in [2.24, 2.45) is 0 Å². The number of hydrogen-bond acceptors (Lipinski definition) is 4. The molecule has 0 aromatic heterocycles. The van der Waals surface area contributed by atoms with E-state index >= 15 is 0 Å². The van der Waals surface area contributed by atoms with Gasteiger partial charge in [0.25, 0.3) is 0 Å². The van der Waals surface area contributed by atoms with Gasteiger partial charge in [0.05, 0.1) is 11.4 Å². The van der Waals surface area contributed by atoms with Gasteiger partial charge in [-0.05, 0) is 170 Å². The molecule has 0 heterocycles. The summed E-state index contributed by atoms with van der Waals surface area (Å²) in [6.07, 6.45) is 0. The second kappa shape index (κ2) is 17.4. The maximum atomic E-state index is 6.23. The van der Waals surface area contributed by atoms with E-state index in [0.717, 1.165) is 68.2 Å². The summed E-state index contributed by atoms with van der Waals surface area (Å²) in [6, 6.07) is 77.0. The molecular formula is C60H48N2O2. The Labute approximate surface area is 375 Å². The minimum atomic E-state index is 0.790. The number of aryl methyl sites for hydroxylation is 4. The number of rotatable bonds is 11. The second-order valence-electron chi connectivity index (χ2n) is 16.5. The van der Waals surface area contributed by atoms with Crippen LogP contribution in [-0.4, -0.2) is 0 Å². The summed E-state index contributed by atoms with van der Waals surface area (Å²) < 4.78 is 12.5. The van der Waals surface area contributed by atoms with Crippen LogP contribution < -0.4 is 19.3 Å². The molecule has 0 saturated carbocycles. The first kappa shape index (κ1) is 40.0. The minimum Gasteiger partial charge on any atom is -0.457 e. The fraction of sp³-hybridized carbons (Fsp3) is 0.0667. The monoisotopic (exact) mass is 828 g/mol. The SMILES string of the molecule is Cc1ccc(Oc2ccc(N(c3ccc(-c4ccc(N(c5ccc(Oc6ccc(C)cc6)cc5)c5ccc(C)c6ccccc56)cc4)cc3)c3ccc(C)c4ccccc34)cc2)cc1. The molecule has 0 saturated heterocycles. The fourth-order valence-electron chi connectivity index (χ4n) is 8.53. The van der Waals surface area contributed by atoms with Crippen LogP contribution >= 0.6 is 0 Å². The molecule has 10 aromatic carbocycles. The third-order valence-corrected chi connectivity index (χ3v) is 12.0. The van der Waals surface area contributed by atoms with Crippen molar-refractivity contribution in [3.05, 3.63) is 241 Å². The largest absolute Gasteiger partial charge is 0.457 e. The van der Waals surface area contributed by atoms with Crippen LogP contribution in [0.1, 0.15) is 22.3 Å². The van der Waals surface area contributed by atoms with Crippen LogP contribution in [0.3, 0.4) is 0 Å². The Bertz CT molecular complexity index is 2990. The second-order valence-corrected chi connectivity index (χ2v) is 16.5. The van der Waals surface area contributed by atoms with Gasteiger partial charge in [-0.25, -0.2) is 0 Å². The topological polar surface area (TPSA) is 24.9 Å². The molecule has 64 heavy (non-hydrogen) atoms. The third-order valence-electron chi connectivity index (χ3n) is 12.0. The summed E-state index contributed by atoms with van der Waals surface area (Å²) >= 11 is 0. The zero-order valence-electron chi connectivity index (χ0n) is 36.5. The lowest BCUT2D eigenvalue weighted by atomic mass is 10.0. The molecule has 0 amide bonds. The highest BCUT2D eigenvalue weighted by molar-refractivity contribution is 6.02. The summed E-state index contributed by atoms with van der Waals surface area (Å²) in [6.45, 7) is 8.51. The molecule has 0 atom stereocenters. The maximum Gasteiger partial charge on any atom is 0.127 e. The summed E-state index contributed by atoms with van der Waals surface area (Å²) in [5, 5.41) is 4.86. The molecule has 0 aliphatic heterocycles. The highest BCUT2D eigenvalue weighted by Gasteiger charge is 2.19. The Morgan fingerprint density at radius 2 is 0.547 bits per heavy atom. The van der Waals surface area contributed by atoms with Crippen LogP contribution in [0.25, 0.3) is 32.7 Å². The van der Waals surface area contributed by atoms with Crippen molar-refractivity contribution in [2.45, 2.75) is 27.7 Å². The van der Waals surface area contributed by atoms with E-state index in [2.05, 4.69) is 207 Å². The Hall–Kier alpha value is -8.08. The fourth-order valence-corrected chi connectivity index (χ4v) is 8.53. The van der Waals surface area contributed by atoms with Gasteiger partial charge < -0.3 is 19.3 Å². The number of hydrogen-bond donors (Lipinski definition) is 0. The molecule has 0 fully saturated rings. The van der Waals surface area contributed by atoms with Crippen molar-refractivity contribution < 1.29 is 9.47 Å². The maximum absolute atomic E-state index is 6.23. The standard InChI is InChI=1S/C60H48N2O2/c1-41-13-31-51(32-14-41)63-53-35-27-49(28-36-53)61(59-39-17-43(3)55-9-5-7-11-57(55)59)47-23-19-45(20-24-47)46-21-25-48(26-22-46)62(60-40-18-44(4)56-10-6-8-12-58(56)60)50-29-37-54(38-30-50)64-52-33-15-42(2)16-34-52/h5-40H,1-4H3. The Kier molecular flexibility index (Phi) is 10.9. The predicted molar refractivity (Wildman–Crippen MR) is 268 cm³/mol. The number of ether oxygens (including phenoxy) is 2. The van der Waals surface area contributed by atoms with Crippen molar-refractivity contribution in [3.63, 3.8) is 0 Å². The van der Waals surface area contributed by atoms with Crippen LogP contribution in [0.15, 0.2) is 218 Å². The Morgan fingerprint density at radius 3 is 0.875 bits per heavy atom. The van der Waals surface area contributed by atoms with Crippen LogP contribution in [0.2, 0.25) is 0 Å². The summed E-state index contributed by atoms with van der Waals surface area (Å²) in [5.74, 6) is 3.22. The lowest BCUT2D eigenvalue weighted by molar-refractivity contribution is 0.482. The lowest BCUT2D eigenvalue weighted by Gasteiger charge is -2.28. The van der Waals surface area contributed by atoms with Gasteiger partial charge in [0, 0.05) is 33.5 Å². The van der Waals surface area contributed by atoms with Crippen molar-refractivity contribution in [2.75, 3.05) is 9.80 Å². The van der Waals surface area contributed by atoms with Gasteiger partial charge in [0.15, 0.2) is 0 Å². The molecule has 0 bridgehead atoms. The quantitative estimate of drug-likeness (QED) is 0.130. The zero-order chi connectivity index (χ0) is 43.6. The van der Waals surface area contributed by atoms with E-state index in [4.69, 9.17) is 9.47 Å². The van der Waals surface area contributed by atoms with Gasteiger partial charge in [0.2, 0.25) is 0 Å². The number of fused-ring (bicyclic) bond motifs is 2. The van der Waals surface area contributed by atoms with Crippen LogP contribution in [-0.2, 0) is 0 Å². The molecule has 10 aromatic rings. The summed E-state index contributed by atoms with van der Waals surface area (Å²) in [4.78, 5) is 4.68. The Balaban J connectivity index is 0.982. The van der Waals surface area contributed by atoms with Gasteiger partial charge in [-0.2, -0.15) is 0 Å². The van der Waals surface area contributed by atoms with Gasteiger partial charge >= 0.3 is 0 Å². The van der Waals surface area contributed by atoms with Crippen LogP contribution in [0.5, 0.6) is 23.0 Å². The molecule has 0 N–H and O–H groups in total. The molecule has 0 unspecified atom stereocenters. The molecule has 0 radical (unpaired) electrons. The number of nitrogens with zero attached hydrogens (tertiary/aromatic N) is 2. The van der Waals surface area contributed by atoms with Crippen molar-refractivity contribution in [3.8, 4) is 34.1 Å². The van der Waals surface area contributed by atoms with Crippen LogP contribution in [0, 0.1) is 27.7 Å². The first-order chi connectivity index (χ1) is 31.3. The van der Waals surface area contributed by atoms with E-state index in [1.165, 1.54) is 43.8 Å². The van der Waals surface area contributed by atoms with E-state index in [9.17, 15) is 0 Å². The minimum absolute atomic E-state index is 0.790. The van der Waals surface area contributed by atoms with E-state index in [0.29, 0.717) is 0 Å². The average Bonchev–Trinajstić information content (AvgIpc) is 3.34. The predicted octanol–water partition coefficient (Wildman–Crippen LogP) is 17.4. The van der Waals surface area contributed by atoms with Gasteiger partial charge in [0.1, 0.15) is 23.0 Å². The molecule has 0 aliphatic rings. The number of anilines is 6. The summed E-state index contributed by atoms with van der Waals surface area (Å²) in [5.41, 5.74) is 13.6. The smallest absolute Gasteiger partial charge is 0.127 e. The zero-order valence-corrected chi connectivity index (χ0v) is 36.5. The first-order valence-corrected chi connectivity index (χ1v) is 21.8. The van der Waals surface area contributed by atoms with E-state index in [1.54, 1.807) is 0 Å². The molecule has 0 aliphatic carbocycles. The Morgan fingerprint density at radius 1 is 0.266 bits per heavy atom. The van der Waals surface area contributed by atoms with E-state index in [-0.39, 0.29) is 0 Å². The molecule has 310 valence electrons. The normalized spacial score (nSPS) is 11.1. The molecule has 0 spiro atoms. The van der Waals surface area contributed by atoms with Crippen molar-refractivity contribution in [1.29, 1.82) is 0 Å². The van der Waals surface area contributed by atoms with Gasteiger partial charge in [-0.15, -0.1) is 0 Å². The first-order valence-electron chi connectivity index (χ1n) is 21.8. The van der Waals surface area contributed by atoms with Crippen molar-refractivity contribution in [1.82, 2.24) is 0 Å². The number of benzene rings is 10. The third kappa shape index (κ3) is 8.17. The molecule has 4 heteroatoms. The molecule has 10 rings (SSSR count). The molecule has 4 nitrogen and oxygen atoms in total. The highest BCUT2D eigenvalue weighted by atomic mass is 16.5. The van der Waals surface area contributed by atoms with E-state index < -0.39 is 0 Å². The van der Waals surface area contributed by atoms with E-state index in [1.807, 2.05) is 48.5 Å². The summed E-state index contributed by atoms with van der Waals surface area (Å²) in [7, 11) is 0. The lowest BCUT2D eigenvalue weighted by Crippen LogP contribution is -2.11. The van der Waals surface area contributed by atoms with Crippen molar-refractivity contribution >= 4 is 55.7 Å². The van der Waals surface area contributed by atoms with Gasteiger partial charge in [-0.1, -0.05) is 120 Å². The molecular weight excluding hydrogens is 781 g/mol.